The summed E-state index contributed by atoms with van der Waals surface area (Å²) in [5, 5.41) is 3.82. The van der Waals surface area contributed by atoms with Crippen molar-refractivity contribution in [2.24, 2.45) is 0 Å². The Labute approximate surface area is 96.1 Å². The van der Waals surface area contributed by atoms with E-state index in [-0.39, 0.29) is 16.8 Å². The highest BCUT2D eigenvalue weighted by atomic mass is 79.9. The zero-order valence-electron chi connectivity index (χ0n) is 8.37. The molecule has 14 heavy (non-hydrogen) atoms. The molecule has 1 aromatic heterocycles. The highest BCUT2D eigenvalue weighted by Crippen LogP contribution is 2.19. The number of amides is 1. The van der Waals surface area contributed by atoms with Crippen molar-refractivity contribution in [3.8, 4) is 0 Å². The molecule has 0 saturated heterocycles. The van der Waals surface area contributed by atoms with E-state index < -0.39 is 0 Å². The molecule has 0 fully saturated rings. The quantitative estimate of drug-likeness (QED) is 0.862. The van der Waals surface area contributed by atoms with Crippen LogP contribution in [0.3, 0.4) is 0 Å². The standard InChI is InChI=1S/C9H13BrN2OS/c1-5-4-11-9(14-5)7(3)12-8(13)6(2)10/h4,6-7H,1-3H3,(H,12,13). The summed E-state index contributed by atoms with van der Waals surface area (Å²) in [5.74, 6) is -0.00893. The molecule has 1 amide bonds. The van der Waals surface area contributed by atoms with Crippen LogP contribution in [0.25, 0.3) is 0 Å². The second-order valence-corrected chi connectivity index (χ2v) is 5.80. The lowest BCUT2D eigenvalue weighted by molar-refractivity contribution is -0.120. The number of thiazole rings is 1. The van der Waals surface area contributed by atoms with Crippen LogP contribution in [-0.2, 0) is 4.79 Å². The van der Waals surface area contributed by atoms with E-state index in [0.717, 1.165) is 9.88 Å². The Hall–Kier alpha value is -0.420. The first-order valence-corrected chi connectivity index (χ1v) is 6.10. The molecule has 0 radical (unpaired) electrons. The van der Waals surface area contributed by atoms with E-state index in [2.05, 4.69) is 26.2 Å². The second-order valence-electron chi connectivity index (χ2n) is 3.16. The number of alkyl halides is 1. The van der Waals surface area contributed by atoms with Crippen molar-refractivity contribution in [3.05, 3.63) is 16.1 Å². The maximum atomic E-state index is 11.4. The first-order chi connectivity index (χ1) is 6.50. The molecule has 0 aliphatic rings. The van der Waals surface area contributed by atoms with E-state index in [1.54, 1.807) is 18.3 Å². The van der Waals surface area contributed by atoms with Gasteiger partial charge in [-0.2, -0.15) is 0 Å². The van der Waals surface area contributed by atoms with Crippen molar-refractivity contribution in [2.45, 2.75) is 31.6 Å². The molecular weight excluding hydrogens is 264 g/mol. The van der Waals surface area contributed by atoms with E-state index >= 15 is 0 Å². The molecule has 78 valence electrons. The van der Waals surface area contributed by atoms with Crippen LogP contribution in [0, 0.1) is 6.92 Å². The topological polar surface area (TPSA) is 42.0 Å². The van der Waals surface area contributed by atoms with E-state index in [1.165, 1.54) is 0 Å². The summed E-state index contributed by atoms with van der Waals surface area (Å²) in [6, 6.07) is -0.0128. The Morgan fingerprint density at radius 2 is 2.29 bits per heavy atom. The number of halogens is 1. The summed E-state index contributed by atoms with van der Waals surface area (Å²) in [7, 11) is 0. The minimum Gasteiger partial charge on any atom is -0.346 e. The smallest absolute Gasteiger partial charge is 0.234 e. The Morgan fingerprint density at radius 1 is 1.64 bits per heavy atom. The van der Waals surface area contributed by atoms with Gasteiger partial charge < -0.3 is 5.32 Å². The van der Waals surface area contributed by atoms with Crippen LogP contribution in [0.15, 0.2) is 6.20 Å². The Kier molecular flexibility index (Phi) is 4.07. The van der Waals surface area contributed by atoms with Gasteiger partial charge in [-0.3, -0.25) is 4.79 Å². The Balaban J connectivity index is 2.59. The minimum atomic E-state index is -0.161. The second kappa shape index (κ2) is 4.89. The Morgan fingerprint density at radius 3 is 2.71 bits per heavy atom. The van der Waals surface area contributed by atoms with Gasteiger partial charge in [-0.05, 0) is 20.8 Å². The van der Waals surface area contributed by atoms with Crippen molar-refractivity contribution in [2.75, 3.05) is 0 Å². The van der Waals surface area contributed by atoms with Gasteiger partial charge in [-0.1, -0.05) is 15.9 Å². The fourth-order valence-corrected chi connectivity index (χ4v) is 1.87. The molecule has 0 aromatic carbocycles. The average Bonchev–Trinajstić information content (AvgIpc) is 2.51. The van der Waals surface area contributed by atoms with Crippen LogP contribution in [0.5, 0.6) is 0 Å². The maximum absolute atomic E-state index is 11.4. The third kappa shape index (κ3) is 3.06. The first kappa shape index (κ1) is 11.7. The molecule has 2 atom stereocenters. The van der Waals surface area contributed by atoms with Gasteiger partial charge in [0.15, 0.2) is 0 Å². The monoisotopic (exact) mass is 276 g/mol. The molecule has 1 aromatic rings. The number of aromatic nitrogens is 1. The molecule has 1 heterocycles. The highest BCUT2D eigenvalue weighted by molar-refractivity contribution is 9.10. The molecule has 0 aliphatic heterocycles. The molecule has 2 unspecified atom stereocenters. The van der Waals surface area contributed by atoms with Crippen LogP contribution in [-0.4, -0.2) is 15.7 Å². The number of carbonyl (C=O) groups excluding carboxylic acids is 1. The van der Waals surface area contributed by atoms with E-state index in [9.17, 15) is 4.79 Å². The largest absolute Gasteiger partial charge is 0.346 e. The van der Waals surface area contributed by atoms with Crippen LogP contribution < -0.4 is 5.32 Å². The molecule has 0 spiro atoms. The van der Waals surface area contributed by atoms with Crippen molar-refractivity contribution >= 4 is 33.2 Å². The third-order valence-corrected chi connectivity index (χ3v) is 3.24. The van der Waals surface area contributed by atoms with Crippen molar-refractivity contribution in [1.82, 2.24) is 10.3 Å². The van der Waals surface area contributed by atoms with Crippen LogP contribution in [0.2, 0.25) is 0 Å². The maximum Gasteiger partial charge on any atom is 0.234 e. The third-order valence-electron chi connectivity index (χ3n) is 1.73. The number of nitrogens with zero attached hydrogens (tertiary/aromatic N) is 1. The van der Waals surface area contributed by atoms with E-state index in [4.69, 9.17) is 0 Å². The summed E-state index contributed by atoms with van der Waals surface area (Å²) < 4.78 is 0. The van der Waals surface area contributed by atoms with Gasteiger partial charge in [0.2, 0.25) is 5.91 Å². The molecule has 1 rings (SSSR count). The fourth-order valence-electron chi connectivity index (χ4n) is 0.962. The van der Waals surface area contributed by atoms with Gasteiger partial charge >= 0.3 is 0 Å². The number of carbonyl (C=O) groups is 1. The zero-order chi connectivity index (χ0) is 10.7. The number of aryl methyl sites for hydroxylation is 1. The summed E-state index contributed by atoms with van der Waals surface area (Å²) in [6.45, 7) is 5.74. The molecule has 1 N–H and O–H groups in total. The average molecular weight is 277 g/mol. The number of hydrogen-bond acceptors (Lipinski definition) is 3. The van der Waals surface area contributed by atoms with Crippen molar-refractivity contribution < 1.29 is 4.79 Å². The van der Waals surface area contributed by atoms with Crippen LogP contribution >= 0.6 is 27.3 Å². The van der Waals surface area contributed by atoms with Gasteiger partial charge in [0.1, 0.15) is 5.01 Å². The molecule has 5 heteroatoms. The van der Waals surface area contributed by atoms with Crippen LogP contribution in [0.4, 0.5) is 0 Å². The highest BCUT2D eigenvalue weighted by Gasteiger charge is 2.15. The summed E-state index contributed by atoms with van der Waals surface area (Å²) in [4.78, 5) is 16.6. The summed E-state index contributed by atoms with van der Waals surface area (Å²) >= 11 is 4.83. The van der Waals surface area contributed by atoms with Crippen molar-refractivity contribution in [3.63, 3.8) is 0 Å². The lowest BCUT2D eigenvalue weighted by Crippen LogP contribution is -2.31. The van der Waals surface area contributed by atoms with Crippen molar-refractivity contribution in [1.29, 1.82) is 0 Å². The van der Waals surface area contributed by atoms with Gasteiger partial charge in [0.25, 0.3) is 0 Å². The summed E-state index contributed by atoms with van der Waals surface area (Å²) in [5.41, 5.74) is 0. The molecule has 0 bridgehead atoms. The molecule has 0 aliphatic carbocycles. The molecular formula is C9H13BrN2OS. The SMILES string of the molecule is Cc1cnc(C(C)NC(=O)C(C)Br)s1. The molecule has 3 nitrogen and oxygen atoms in total. The Bertz CT molecular complexity index is 324. The van der Waals surface area contributed by atoms with E-state index in [0.29, 0.717) is 0 Å². The minimum absolute atomic E-state index is 0.00893. The number of nitrogens with one attached hydrogen (secondary N) is 1. The first-order valence-electron chi connectivity index (χ1n) is 4.37. The number of hydrogen-bond donors (Lipinski definition) is 1. The van der Waals surface area contributed by atoms with Gasteiger partial charge in [0.05, 0.1) is 10.9 Å². The number of rotatable bonds is 3. The lowest BCUT2D eigenvalue weighted by Gasteiger charge is -2.12. The predicted molar refractivity (Wildman–Crippen MR) is 61.8 cm³/mol. The predicted octanol–water partition coefficient (Wildman–Crippen LogP) is 2.41. The van der Waals surface area contributed by atoms with Gasteiger partial charge in [-0.15, -0.1) is 11.3 Å². The lowest BCUT2D eigenvalue weighted by atomic mass is 10.3. The van der Waals surface area contributed by atoms with Crippen LogP contribution in [0.1, 0.15) is 29.8 Å². The van der Waals surface area contributed by atoms with E-state index in [1.807, 2.05) is 20.0 Å². The molecule has 0 saturated carbocycles. The fraction of sp³-hybridized carbons (Fsp3) is 0.556. The zero-order valence-corrected chi connectivity index (χ0v) is 10.8. The van der Waals surface area contributed by atoms with Gasteiger partial charge in [0, 0.05) is 11.1 Å². The summed E-state index contributed by atoms with van der Waals surface area (Å²) in [6.07, 6.45) is 1.82. The van der Waals surface area contributed by atoms with Gasteiger partial charge in [-0.25, -0.2) is 4.98 Å². The normalized spacial score (nSPS) is 14.9.